The maximum absolute atomic E-state index is 6.14. The Bertz CT molecular complexity index is 1180. The topological polar surface area (TPSA) is 46.0 Å². The molecule has 4 aromatic rings. The van der Waals surface area contributed by atoms with Crippen molar-refractivity contribution in [2.24, 2.45) is 0 Å². The summed E-state index contributed by atoms with van der Waals surface area (Å²) in [6.07, 6.45) is 7.60. The number of benzene rings is 1. The first-order chi connectivity index (χ1) is 15.2. The van der Waals surface area contributed by atoms with Gasteiger partial charge in [-0.25, -0.2) is 0 Å². The molecule has 1 aliphatic rings. The van der Waals surface area contributed by atoms with Crippen LogP contribution in [0.5, 0.6) is 0 Å². The number of hydrogen-bond donors (Lipinski definition) is 1. The molecule has 1 aromatic carbocycles. The molecule has 0 aliphatic carbocycles. The normalized spacial score (nSPS) is 18.2. The largest absolute Gasteiger partial charge is 0.351 e. The van der Waals surface area contributed by atoms with Gasteiger partial charge in [-0.1, -0.05) is 23.7 Å². The summed E-state index contributed by atoms with van der Waals surface area (Å²) in [4.78, 5) is 11.0. The second-order valence-corrected chi connectivity index (χ2v) is 8.22. The zero-order valence-electron chi connectivity index (χ0n) is 16.6. The van der Waals surface area contributed by atoms with Gasteiger partial charge in [0.25, 0.3) is 0 Å². The molecular formula is C24H20ClN5S. The number of halogens is 1. The number of aromatic nitrogens is 3. The van der Waals surface area contributed by atoms with Crippen LogP contribution in [-0.4, -0.2) is 19.6 Å². The molecule has 1 N–H and O–H groups in total. The summed E-state index contributed by atoms with van der Waals surface area (Å²) < 4.78 is 2.25. The Balaban J connectivity index is 1.60. The van der Waals surface area contributed by atoms with E-state index >= 15 is 0 Å². The summed E-state index contributed by atoms with van der Waals surface area (Å²) in [5, 5.41) is 4.86. The predicted octanol–water partition coefficient (Wildman–Crippen LogP) is 5.16. The van der Waals surface area contributed by atoms with E-state index in [0.717, 1.165) is 29.2 Å². The smallest absolute Gasteiger partial charge is 0.174 e. The number of pyridine rings is 2. The first-order valence-electron chi connectivity index (χ1n) is 10.0. The van der Waals surface area contributed by atoms with E-state index in [1.807, 2.05) is 60.9 Å². The minimum atomic E-state index is -0.0908. The maximum Gasteiger partial charge on any atom is 0.174 e. The summed E-state index contributed by atoms with van der Waals surface area (Å²) in [6, 6.07) is 21.8. The summed E-state index contributed by atoms with van der Waals surface area (Å²) in [6.45, 7) is 0.725. The molecule has 0 saturated carbocycles. The van der Waals surface area contributed by atoms with Crippen LogP contribution in [-0.2, 0) is 6.54 Å². The van der Waals surface area contributed by atoms with Crippen LogP contribution in [0, 0.1) is 0 Å². The third-order valence-electron chi connectivity index (χ3n) is 5.45. The zero-order chi connectivity index (χ0) is 21.2. The highest BCUT2D eigenvalue weighted by Crippen LogP contribution is 2.41. The molecule has 3 aromatic heterocycles. The molecule has 2 atom stereocenters. The van der Waals surface area contributed by atoms with Crippen molar-refractivity contribution in [3.8, 4) is 0 Å². The molecule has 5 nitrogen and oxygen atoms in total. The van der Waals surface area contributed by atoms with Crippen LogP contribution in [0.1, 0.15) is 29.0 Å². The predicted molar refractivity (Wildman–Crippen MR) is 127 cm³/mol. The highest BCUT2D eigenvalue weighted by Gasteiger charge is 2.41. The second kappa shape index (κ2) is 8.49. The van der Waals surface area contributed by atoms with Gasteiger partial charge in [0.2, 0.25) is 0 Å². The fraction of sp³-hybridized carbons (Fsp3) is 0.125. The van der Waals surface area contributed by atoms with Gasteiger partial charge in [-0.05, 0) is 72.4 Å². The van der Waals surface area contributed by atoms with E-state index in [-0.39, 0.29) is 12.1 Å². The summed E-state index contributed by atoms with van der Waals surface area (Å²) in [5.41, 5.74) is 4.21. The van der Waals surface area contributed by atoms with Gasteiger partial charge in [0, 0.05) is 47.7 Å². The van der Waals surface area contributed by atoms with Crippen LogP contribution in [0.4, 0.5) is 5.69 Å². The molecule has 1 saturated heterocycles. The van der Waals surface area contributed by atoms with Gasteiger partial charge in [0.15, 0.2) is 5.11 Å². The van der Waals surface area contributed by atoms with Gasteiger partial charge in [0.05, 0.1) is 11.7 Å². The molecule has 1 aliphatic heterocycles. The molecule has 31 heavy (non-hydrogen) atoms. The fourth-order valence-electron chi connectivity index (χ4n) is 4.06. The average Bonchev–Trinajstić information content (AvgIpc) is 3.39. The molecule has 0 amide bonds. The Hall–Kier alpha value is -3.22. The molecule has 0 spiro atoms. The van der Waals surface area contributed by atoms with Gasteiger partial charge in [-0.3, -0.25) is 9.97 Å². The summed E-state index contributed by atoms with van der Waals surface area (Å²) in [5.74, 6) is 0. The van der Waals surface area contributed by atoms with Crippen LogP contribution < -0.4 is 10.2 Å². The first kappa shape index (κ1) is 19.7. The number of nitrogens with zero attached hydrogens (tertiary/aromatic N) is 4. The van der Waals surface area contributed by atoms with Crippen LogP contribution in [0.2, 0.25) is 5.02 Å². The molecule has 7 heteroatoms. The molecule has 1 fully saturated rings. The second-order valence-electron chi connectivity index (χ2n) is 7.40. The van der Waals surface area contributed by atoms with Gasteiger partial charge >= 0.3 is 0 Å². The van der Waals surface area contributed by atoms with Crippen molar-refractivity contribution in [3.63, 3.8) is 0 Å². The van der Waals surface area contributed by atoms with Crippen molar-refractivity contribution in [3.05, 3.63) is 113 Å². The minimum Gasteiger partial charge on any atom is -0.351 e. The zero-order valence-corrected chi connectivity index (χ0v) is 18.2. The highest BCUT2D eigenvalue weighted by molar-refractivity contribution is 7.80. The Labute approximate surface area is 191 Å². The van der Waals surface area contributed by atoms with Crippen LogP contribution >= 0.6 is 23.8 Å². The molecule has 4 heterocycles. The fourth-order valence-corrected chi connectivity index (χ4v) is 4.54. The van der Waals surface area contributed by atoms with E-state index in [4.69, 9.17) is 23.8 Å². The molecule has 0 unspecified atom stereocenters. The standard InChI is InChI=1S/C24H20ClN5S/c25-18-8-10-19(11-9-18)30-23(22(28-24(30)31)20-6-1-2-13-27-20)21-7-4-14-29(21)16-17-5-3-12-26-15-17/h1-15,22-23H,16H2,(H,28,31)/t22-,23-/m1/s1. The third kappa shape index (κ3) is 3.92. The lowest BCUT2D eigenvalue weighted by Crippen LogP contribution is -2.30. The monoisotopic (exact) mass is 445 g/mol. The van der Waals surface area contributed by atoms with Gasteiger partial charge in [0.1, 0.15) is 6.04 Å². The number of rotatable bonds is 5. The lowest BCUT2D eigenvalue weighted by atomic mass is 10.0. The lowest BCUT2D eigenvalue weighted by Gasteiger charge is -2.29. The van der Waals surface area contributed by atoms with E-state index in [0.29, 0.717) is 10.1 Å². The van der Waals surface area contributed by atoms with Crippen molar-refractivity contribution in [2.75, 3.05) is 4.90 Å². The summed E-state index contributed by atoms with van der Waals surface area (Å²) in [7, 11) is 0. The molecule has 0 bridgehead atoms. The van der Waals surface area contributed by atoms with E-state index in [9.17, 15) is 0 Å². The number of anilines is 1. The highest BCUT2D eigenvalue weighted by atomic mass is 35.5. The van der Waals surface area contributed by atoms with Gasteiger partial charge < -0.3 is 14.8 Å². The average molecular weight is 446 g/mol. The maximum atomic E-state index is 6.14. The Kier molecular flexibility index (Phi) is 5.40. The van der Waals surface area contributed by atoms with E-state index < -0.39 is 0 Å². The molecular weight excluding hydrogens is 426 g/mol. The lowest BCUT2D eigenvalue weighted by molar-refractivity contribution is 0.533. The number of thiocarbonyl (C=S) groups is 1. The third-order valence-corrected chi connectivity index (χ3v) is 6.01. The van der Waals surface area contributed by atoms with Crippen molar-refractivity contribution < 1.29 is 0 Å². The SMILES string of the molecule is S=C1N[C@H](c2ccccn2)[C@@H](c2cccn2Cc2cccnc2)N1c1ccc(Cl)cc1. The van der Waals surface area contributed by atoms with E-state index in [2.05, 4.69) is 49.1 Å². The van der Waals surface area contributed by atoms with Crippen LogP contribution in [0.25, 0.3) is 0 Å². The first-order valence-corrected chi connectivity index (χ1v) is 10.8. The van der Waals surface area contributed by atoms with Gasteiger partial charge in [-0.2, -0.15) is 0 Å². The molecule has 0 radical (unpaired) electrons. The van der Waals surface area contributed by atoms with Crippen molar-refractivity contribution in [2.45, 2.75) is 18.6 Å². The quantitative estimate of drug-likeness (QED) is 0.430. The van der Waals surface area contributed by atoms with Crippen molar-refractivity contribution in [1.82, 2.24) is 19.9 Å². The summed E-state index contributed by atoms with van der Waals surface area (Å²) >= 11 is 11.9. The minimum absolute atomic E-state index is 0.0738. The Morgan fingerprint density at radius 3 is 2.58 bits per heavy atom. The van der Waals surface area contributed by atoms with Crippen LogP contribution in [0.15, 0.2) is 91.5 Å². The molecule has 5 rings (SSSR count). The molecule has 154 valence electrons. The Morgan fingerprint density at radius 2 is 1.84 bits per heavy atom. The van der Waals surface area contributed by atoms with Crippen LogP contribution in [0.3, 0.4) is 0 Å². The van der Waals surface area contributed by atoms with E-state index in [1.54, 1.807) is 6.20 Å². The van der Waals surface area contributed by atoms with Crippen molar-refractivity contribution in [1.29, 1.82) is 0 Å². The Morgan fingerprint density at radius 1 is 0.968 bits per heavy atom. The number of nitrogens with one attached hydrogen (secondary N) is 1. The van der Waals surface area contributed by atoms with Gasteiger partial charge in [-0.15, -0.1) is 0 Å². The number of hydrogen-bond acceptors (Lipinski definition) is 3. The van der Waals surface area contributed by atoms with E-state index in [1.165, 1.54) is 0 Å². The van der Waals surface area contributed by atoms with Crippen molar-refractivity contribution >= 4 is 34.6 Å².